The number of amides is 1. The van der Waals surface area contributed by atoms with Crippen molar-refractivity contribution in [1.82, 2.24) is 15.0 Å². The first-order valence-corrected chi connectivity index (χ1v) is 6.40. The Labute approximate surface area is 113 Å². The quantitative estimate of drug-likeness (QED) is 0.702. The summed E-state index contributed by atoms with van der Waals surface area (Å²) in [5, 5.41) is 4.37. The van der Waals surface area contributed by atoms with Crippen molar-refractivity contribution in [3.8, 4) is 0 Å². The summed E-state index contributed by atoms with van der Waals surface area (Å²) in [6.45, 7) is 1.29. The number of ether oxygens (including phenoxy) is 1. The van der Waals surface area contributed by atoms with E-state index in [9.17, 15) is 9.59 Å². The van der Waals surface area contributed by atoms with E-state index in [0.717, 1.165) is 0 Å². The van der Waals surface area contributed by atoms with E-state index in [1.165, 1.54) is 0 Å². The van der Waals surface area contributed by atoms with E-state index in [0.29, 0.717) is 30.7 Å². The van der Waals surface area contributed by atoms with Crippen molar-refractivity contribution in [3.05, 3.63) is 24.1 Å². The Balaban J connectivity index is 1.64. The molecule has 2 aliphatic rings. The first-order valence-electron chi connectivity index (χ1n) is 6.40. The first kappa shape index (κ1) is 11.4. The van der Waals surface area contributed by atoms with Crippen LogP contribution in [0.5, 0.6) is 0 Å². The second-order valence-corrected chi connectivity index (χ2v) is 5.09. The van der Waals surface area contributed by atoms with Gasteiger partial charge in [0.1, 0.15) is 0 Å². The number of hydrogen-bond acceptors (Lipinski definition) is 6. The molecule has 0 saturated carbocycles. The van der Waals surface area contributed by atoms with E-state index in [1.807, 2.05) is 0 Å². The molecular weight excluding hydrogens is 262 g/mol. The monoisotopic (exact) mass is 273 g/mol. The maximum Gasteiger partial charge on any atom is 0.311 e. The molecule has 4 heterocycles. The van der Waals surface area contributed by atoms with Crippen LogP contribution in [-0.2, 0) is 9.53 Å². The third-order valence-corrected chi connectivity index (χ3v) is 3.92. The predicted octanol–water partition coefficient (Wildman–Crippen LogP) is 0.468. The van der Waals surface area contributed by atoms with Gasteiger partial charge in [-0.25, -0.2) is 4.98 Å². The molecule has 1 amide bonds. The number of carbonyl (C=O) groups is 2. The number of carbonyl (C=O) groups excluding carboxylic acids is 2. The molecule has 0 spiro atoms. The summed E-state index contributed by atoms with van der Waals surface area (Å²) in [5.41, 5.74) is 0.412. The van der Waals surface area contributed by atoms with Crippen molar-refractivity contribution in [1.29, 1.82) is 0 Å². The Morgan fingerprint density at radius 2 is 2.30 bits per heavy atom. The van der Waals surface area contributed by atoms with Gasteiger partial charge in [-0.05, 0) is 12.1 Å². The van der Waals surface area contributed by atoms with E-state index in [4.69, 9.17) is 9.26 Å². The molecule has 102 valence electrons. The minimum Gasteiger partial charge on any atom is -0.465 e. The van der Waals surface area contributed by atoms with E-state index in [2.05, 4.69) is 10.1 Å². The number of likely N-dealkylation sites (tertiary alicyclic amines) is 1. The lowest BCUT2D eigenvalue weighted by Crippen LogP contribution is -2.30. The molecule has 0 bridgehead atoms. The van der Waals surface area contributed by atoms with Gasteiger partial charge in [0.15, 0.2) is 0 Å². The van der Waals surface area contributed by atoms with E-state index < -0.39 is 0 Å². The highest BCUT2D eigenvalue weighted by Gasteiger charge is 2.46. The topological polar surface area (TPSA) is 85.5 Å². The zero-order valence-electron chi connectivity index (χ0n) is 10.5. The highest BCUT2D eigenvalue weighted by atomic mass is 16.5. The largest absolute Gasteiger partial charge is 0.465 e. The van der Waals surface area contributed by atoms with Gasteiger partial charge < -0.3 is 14.2 Å². The molecule has 0 aromatic carbocycles. The molecular formula is C13H11N3O4. The summed E-state index contributed by atoms with van der Waals surface area (Å²) < 4.78 is 10.1. The fourth-order valence-corrected chi connectivity index (χ4v) is 2.85. The second-order valence-electron chi connectivity index (χ2n) is 5.09. The molecule has 0 N–H and O–H groups in total. The van der Waals surface area contributed by atoms with Crippen molar-refractivity contribution in [2.75, 3.05) is 19.7 Å². The van der Waals surface area contributed by atoms with Gasteiger partial charge in [0, 0.05) is 25.2 Å². The van der Waals surface area contributed by atoms with E-state index in [1.54, 1.807) is 23.2 Å². The number of aromatic nitrogens is 2. The van der Waals surface area contributed by atoms with Crippen LogP contribution in [0, 0.1) is 11.8 Å². The molecule has 7 heteroatoms. The Bertz CT molecular complexity index is 710. The summed E-state index contributed by atoms with van der Waals surface area (Å²) in [6.07, 6.45) is 1.59. The zero-order chi connectivity index (χ0) is 13.7. The summed E-state index contributed by atoms with van der Waals surface area (Å²) in [5.74, 6) is -0.386. The maximum absolute atomic E-state index is 12.5. The van der Waals surface area contributed by atoms with Crippen molar-refractivity contribution < 1.29 is 18.8 Å². The minimum atomic E-state index is -0.247. The van der Waals surface area contributed by atoms with Crippen LogP contribution >= 0.6 is 0 Å². The SMILES string of the molecule is O=C1OC[C@H]2CN(C(=O)c3onc4ncccc34)C[C@@H]12. The molecule has 2 aromatic heterocycles. The molecule has 0 unspecified atom stereocenters. The molecule has 2 aromatic rings. The van der Waals surface area contributed by atoms with Crippen LogP contribution in [0.4, 0.5) is 0 Å². The van der Waals surface area contributed by atoms with E-state index >= 15 is 0 Å². The lowest BCUT2D eigenvalue weighted by molar-refractivity contribution is -0.141. The number of pyridine rings is 1. The number of cyclic esters (lactones) is 1. The van der Waals surface area contributed by atoms with Gasteiger partial charge in [0.2, 0.25) is 11.4 Å². The standard InChI is InChI=1S/C13H11N3O4/c17-12(10-8-2-1-3-14-11(8)15-20-10)16-4-7-6-19-13(18)9(7)5-16/h1-3,7,9H,4-6H2/t7-,9-/m1/s1. The molecule has 4 rings (SSSR count). The van der Waals surface area contributed by atoms with Crippen LogP contribution in [0.1, 0.15) is 10.6 Å². The lowest BCUT2D eigenvalue weighted by atomic mass is 10.0. The zero-order valence-corrected chi connectivity index (χ0v) is 10.5. The first-order chi connectivity index (χ1) is 9.74. The lowest BCUT2D eigenvalue weighted by Gasteiger charge is -2.15. The van der Waals surface area contributed by atoms with Crippen LogP contribution in [0.3, 0.4) is 0 Å². The van der Waals surface area contributed by atoms with Gasteiger partial charge in [0.05, 0.1) is 17.9 Å². The van der Waals surface area contributed by atoms with Crippen LogP contribution in [0.2, 0.25) is 0 Å². The predicted molar refractivity (Wildman–Crippen MR) is 65.6 cm³/mol. The number of nitrogens with zero attached hydrogens (tertiary/aromatic N) is 3. The van der Waals surface area contributed by atoms with Crippen LogP contribution in [0.25, 0.3) is 11.0 Å². The average molecular weight is 273 g/mol. The highest BCUT2D eigenvalue weighted by Crippen LogP contribution is 2.31. The summed E-state index contributed by atoms with van der Waals surface area (Å²) in [7, 11) is 0. The minimum absolute atomic E-state index is 0.0961. The third kappa shape index (κ3) is 1.52. The van der Waals surface area contributed by atoms with Crippen molar-refractivity contribution in [2.24, 2.45) is 11.8 Å². The van der Waals surface area contributed by atoms with Gasteiger partial charge in [0.25, 0.3) is 5.91 Å². The van der Waals surface area contributed by atoms with Crippen molar-refractivity contribution >= 4 is 22.9 Å². The van der Waals surface area contributed by atoms with Gasteiger partial charge >= 0.3 is 5.97 Å². The molecule has 20 heavy (non-hydrogen) atoms. The summed E-state index contributed by atoms with van der Waals surface area (Å²) in [4.78, 5) is 29.6. The molecule has 2 atom stereocenters. The molecule has 0 aliphatic carbocycles. The Morgan fingerprint density at radius 3 is 3.15 bits per heavy atom. The summed E-state index contributed by atoms with van der Waals surface area (Å²) in [6, 6.07) is 3.48. The van der Waals surface area contributed by atoms with Gasteiger partial charge in [-0.2, -0.15) is 0 Å². The smallest absolute Gasteiger partial charge is 0.311 e. The maximum atomic E-state index is 12.5. The van der Waals surface area contributed by atoms with Gasteiger partial charge in [-0.1, -0.05) is 5.16 Å². The average Bonchev–Trinajstić information content (AvgIpc) is 3.14. The third-order valence-electron chi connectivity index (χ3n) is 3.92. The van der Waals surface area contributed by atoms with Crippen molar-refractivity contribution in [3.63, 3.8) is 0 Å². The number of rotatable bonds is 1. The molecule has 0 radical (unpaired) electrons. The Kier molecular flexibility index (Phi) is 2.29. The fraction of sp³-hybridized carbons (Fsp3) is 0.385. The number of fused-ring (bicyclic) bond motifs is 2. The number of esters is 1. The van der Waals surface area contributed by atoms with Crippen molar-refractivity contribution in [2.45, 2.75) is 0 Å². The molecule has 2 saturated heterocycles. The Hall–Kier alpha value is -2.44. The normalized spacial score (nSPS) is 25.0. The molecule has 7 nitrogen and oxygen atoms in total. The number of hydrogen-bond donors (Lipinski definition) is 0. The van der Waals surface area contributed by atoms with Crippen LogP contribution in [0.15, 0.2) is 22.9 Å². The van der Waals surface area contributed by atoms with Gasteiger partial charge in [-0.15, -0.1) is 0 Å². The Morgan fingerprint density at radius 1 is 1.40 bits per heavy atom. The second kappa shape index (κ2) is 4.03. The highest BCUT2D eigenvalue weighted by molar-refractivity contribution is 6.03. The fourth-order valence-electron chi connectivity index (χ4n) is 2.85. The van der Waals surface area contributed by atoms with E-state index in [-0.39, 0.29) is 29.5 Å². The molecule has 2 fully saturated rings. The summed E-state index contributed by atoms with van der Waals surface area (Å²) >= 11 is 0. The van der Waals surface area contributed by atoms with Crippen LogP contribution in [-0.4, -0.2) is 46.6 Å². The van der Waals surface area contributed by atoms with Crippen LogP contribution < -0.4 is 0 Å². The molecule has 2 aliphatic heterocycles. The van der Waals surface area contributed by atoms with Gasteiger partial charge in [-0.3, -0.25) is 9.59 Å².